The smallest absolute Gasteiger partial charge is 0.251 e. The number of piperidine rings is 2. The van der Waals surface area contributed by atoms with E-state index in [1.54, 1.807) is 4.90 Å². The van der Waals surface area contributed by atoms with Crippen LogP contribution in [0.25, 0.3) is 0 Å². The predicted octanol–water partition coefficient (Wildman–Crippen LogP) is 5.85. The summed E-state index contributed by atoms with van der Waals surface area (Å²) in [6.07, 6.45) is 0.417. The van der Waals surface area contributed by atoms with E-state index >= 15 is 0 Å². The average Bonchev–Trinajstić information content (AvgIpc) is 2.59. The van der Waals surface area contributed by atoms with Crippen molar-refractivity contribution in [1.82, 2.24) is 9.80 Å². The lowest BCUT2D eigenvalue weighted by molar-refractivity contribution is -0.145. The largest absolute Gasteiger partial charge is 0.342 e. The first-order valence-electron chi connectivity index (χ1n) is 10.7. The van der Waals surface area contributed by atoms with Crippen molar-refractivity contribution in [2.75, 3.05) is 26.2 Å². The summed E-state index contributed by atoms with van der Waals surface area (Å²) in [4.78, 5) is 26.9. The third-order valence-corrected chi connectivity index (χ3v) is 5.56. The van der Waals surface area contributed by atoms with E-state index in [0.29, 0.717) is 25.9 Å². The summed E-state index contributed by atoms with van der Waals surface area (Å²) >= 11 is 0. The first-order valence-corrected chi connectivity index (χ1v) is 10.7. The van der Waals surface area contributed by atoms with E-state index in [4.69, 9.17) is 0 Å². The van der Waals surface area contributed by atoms with Crippen molar-refractivity contribution in [3.05, 3.63) is 0 Å². The second-order valence-electron chi connectivity index (χ2n) is 10.7. The minimum atomic E-state index is -2.61. The summed E-state index contributed by atoms with van der Waals surface area (Å²) in [7, 11) is 0. The fourth-order valence-electron chi connectivity index (χ4n) is 3.58. The molecule has 2 aliphatic heterocycles. The Morgan fingerprint density at radius 2 is 1.06 bits per heavy atom. The number of likely N-dealkylation sites (tertiary alicyclic amines) is 2. The highest BCUT2D eigenvalue weighted by Gasteiger charge is 2.39. The van der Waals surface area contributed by atoms with E-state index in [0.717, 1.165) is 6.92 Å². The Labute approximate surface area is 185 Å². The monoisotopic (exact) mass is 454 g/mol. The molecule has 0 aliphatic carbocycles. The lowest BCUT2D eigenvalue weighted by atomic mass is 9.88. The van der Waals surface area contributed by atoms with Gasteiger partial charge in [-0.2, -0.15) is 0 Å². The molecule has 0 radical (unpaired) electrons. The molecule has 0 bridgehead atoms. The van der Waals surface area contributed by atoms with Gasteiger partial charge in [0.25, 0.3) is 5.92 Å². The molecule has 2 heterocycles. The first kappa shape index (κ1) is 29.7. The SMILES string of the molecule is C.CC(C)(C)C(=O)N1CCC(C(C)(F)F)CC1.CC(C)(C)C(=O)N1CCC(F)(F)CC1. The Morgan fingerprint density at radius 3 is 1.35 bits per heavy atom. The number of amides is 2. The Morgan fingerprint density at radius 1 is 0.742 bits per heavy atom. The van der Waals surface area contributed by atoms with Gasteiger partial charge in [0.05, 0.1) is 0 Å². The fourth-order valence-corrected chi connectivity index (χ4v) is 3.58. The molecule has 0 aromatic heterocycles. The van der Waals surface area contributed by atoms with Crippen molar-refractivity contribution in [2.24, 2.45) is 16.7 Å². The highest BCUT2D eigenvalue weighted by atomic mass is 19.3. The number of nitrogens with zero attached hydrogens (tertiary/aromatic N) is 2. The molecular weight excluding hydrogens is 412 g/mol. The van der Waals surface area contributed by atoms with Gasteiger partial charge in [-0.1, -0.05) is 49.0 Å². The summed E-state index contributed by atoms with van der Waals surface area (Å²) in [5.41, 5.74) is -0.881. The van der Waals surface area contributed by atoms with Crippen LogP contribution in [0.1, 0.15) is 81.6 Å². The molecule has 184 valence electrons. The molecule has 31 heavy (non-hydrogen) atoms. The molecule has 0 N–H and O–H groups in total. The third-order valence-electron chi connectivity index (χ3n) is 5.56. The maximum Gasteiger partial charge on any atom is 0.251 e. The molecule has 0 aromatic rings. The van der Waals surface area contributed by atoms with E-state index in [9.17, 15) is 27.2 Å². The first-order chi connectivity index (χ1) is 13.3. The van der Waals surface area contributed by atoms with E-state index in [2.05, 4.69) is 0 Å². The van der Waals surface area contributed by atoms with Crippen LogP contribution in [0.4, 0.5) is 17.6 Å². The molecule has 0 atom stereocenters. The number of hydrogen-bond acceptors (Lipinski definition) is 2. The molecule has 4 nitrogen and oxygen atoms in total. The van der Waals surface area contributed by atoms with Gasteiger partial charge in [-0.05, 0) is 19.8 Å². The second kappa shape index (κ2) is 10.5. The van der Waals surface area contributed by atoms with Crippen LogP contribution < -0.4 is 0 Å². The van der Waals surface area contributed by atoms with Gasteiger partial charge in [-0.15, -0.1) is 0 Å². The molecule has 8 heteroatoms. The number of carbonyl (C=O) groups excluding carboxylic acids is 2. The van der Waals surface area contributed by atoms with Crippen LogP contribution >= 0.6 is 0 Å². The molecule has 0 spiro atoms. The van der Waals surface area contributed by atoms with Crippen LogP contribution in [0.5, 0.6) is 0 Å². The number of hydrogen-bond donors (Lipinski definition) is 0. The zero-order valence-electron chi connectivity index (χ0n) is 19.5. The summed E-state index contributed by atoms with van der Waals surface area (Å²) < 4.78 is 51.7. The lowest BCUT2D eigenvalue weighted by Crippen LogP contribution is -2.46. The minimum absolute atomic E-state index is 0. The zero-order valence-corrected chi connectivity index (χ0v) is 19.5. The topological polar surface area (TPSA) is 40.6 Å². The van der Waals surface area contributed by atoms with Crippen molar-refractivity contribution in [2.45, 2.75) is 93.4 Å². The molecule has 0 unspecified atom stereocenters. The van der Waals surface area contributed by atoms with Gasteiger partial charge in [0, 0.05) is 55.8 Å². The van der Waals surface area contributed by atoms with Crippen molar-refractivity contribution < 1.29 is 27.2 Å². The standard InChI is InChI=1S/C12H21F2NO.C10H17F2NO.CH4/c1-11(2,3)10(16)15-7-5-9(6-8-15)12(4,13)14;1-9(2,3)8(14)13-6-4-10(11,12)5-7-13;/h9H,5-8H2,1-4H3;4-7H2,1-3H3;1H4. The highest BCUT2D eigenvalue weighted by Crippen LogP contribution is 2.33. The Kier molecular flexibility index (Phi) is 10.1. The van der Waals surface area contributed by atoms with Crippen LogP contribution in [-0.4, -0.2) is 59.6 Å². The van der Waals surface area contributed by atoms with Crippen molar-refractivity contribution in [1.29, 1.82) is 0 Å². The Hall–Kier alpha value is -1.34. The summed E-state index contributed by atoms with van der Waals surface area (Å²) in [6, 6.07) is 0. The van der Waals surface area contributed by atoms with E-state index in [-0.39, 0.29) is 45.2 Å². The molecular formula is C23H42F4N2O2. The van der Waals surface area contributed by atoms with Gasteiger partial charge in [-0.3, -0.25) is 9.59 Å². The van der Waals surface area contributed by atoms with Crippen LogP contribution in [0.15, 0.2) is 0 Å². The van der Waals surface area contributed by atoms with Crippen LogP contribution in [0.3, 0.4) is 0 Å². The van der Waals surface area contributed by atoms with Gasteiger partial charge in [0.1, 0.15) is 0 Å². The molecule has 0 aromatic carbocycles. The second-order valence-corrected chi connectivity index (χ2v) is 10.7. The van der Waals surface area contributed by atoms with Crippen molar-refractivity contribution in [3.63, 3.8) is 0 Å². The third kappa shape index (κ3) is 9.36. The van der Waals surface area contributed by atoms with Crippen molar-refractivity contribution in [3.8, 4) is 0 Å². The minimum Gasteiger partial charge on any atom is -0.342 e. The van der Waals surface area contributed by atoms with E-state index in [1.807, 2.05) is 41.5 Å². The number of halogens is 4. The normalized spacial score (nSPS) is 20.4. The van der Waals surface area contributed by atoms with Gasteiger partial charge >= 0.3 is 0 Å². The average molecular weight is 455 g/mol. The van der Waals surface area contributed by atoms with Crippen molar-refractivity contribution >= 4 is 11.8 Å². The zero-order chi connectivity index (χ0) is 23.5. The Bertz CT molecular complexity index is 586. The fraction of sp³-hybridized carbons (Fsp3) is 0.913. The van der Waals surface area contributed by atoms with Crippen LogP contribution in [-0.2, 0) is 9.59 Å². The predicted molar refractivity (Wildman–Crippen MR) is 116 cm³/mol. The quantitative estimate of drug-likeness (QED) is 0.466. The van der Waals surface area contributed by atoms with Gasteiger partial charge in [-0.25, -0.2) is 17.6 Å². The van der Waals surface area contributed by atoms with Gasteiger partial charge in [0.15, 0.2) is 0 Å². The number of alkyl halides is 4. The van der Waals surface area contributed by atoms with Crippen LogP contribution in [0.2, 0.25) is 0 Å². The summed E-state index contributed by atoms with van der Waals surface area (Å²) in [6.45, 7) is 13.3. The lowest BCUT2D eigenvalue weighted by Gasteiger charge is -2.37. The van der Waals surface area contributed by atoms with Crippen LogP contribution in [0, 0.1) is 16.7 Å². The maximum atomic E-state index is 13.1. The molecule has 2 aliphatic rings. The molecule has 0 saturated carbocycles. The maximum absolute atomic E-state index is 13.1. The summed E-state index contributed by atoms with van der Waals surface area (Å²) in [5, 5.41) is 0. The molecule has 2 fully saturated rings. The Balaban J connectivity index is 0.000000567. The number of rotatable bonds is 1. The molecule has 2 saturated heterocycles. The summed E-state index contributed by atoms with van der Waals surface area (Å²) in [5.74, 6) is -5.74. The molecule has 2 rings (SSSR count). The highest BCUT2D eigenvalue weighted by molar-refractivity contribution is 5.82. The van der Waals surface area contributed by atoms with E-state index in [1.165, 1.54) is 4.90 Å². The van der Waals surface area contributed by atoms with Gasteiger partial charge in [0.2, 0.25) is 17.7 Å². The van der Waals surface area contributed by atoms with Gasteiger partial charge < -0.3 is 9.80 Å². The molecule has 2 amide bonds. The van der Waals surface area contributed by atoms with E-state index < -0.39 is 28.6 Å². The number of carbonyl (C=O) groups is 2.